The molecule has 2 fully saturated rings. The van der Waals surface area contributed by atoms with Gasteiger partial charge in [0.2, 0.25) is 5.91 Å². The lowest BCUT2D eigenvalue weighted by Crippen LogP contribution is -2.60. The lowest BCUT2D eigenvalue weighted by atomic mass is 9.72. The number of amides is 1. The molecule has 0 aliphatic carbocycles. The molecule has 314 valence electrons. The summed E-state index contributed by atoms with van der Waals surface area (Å²) in [6.45, 7) is 12.8. The van der Waals surface area contributed by atoms with Crippen molar-refractivity contribution in [2.75, 3.05) is 13.7 Å². The zero-order valence-electron chi connectivity index (χ0n) is 34.5. The molecule has 0 saturated carbocycles. The number of hydrogen-bond donors (Lipinski definition) is 6. The molecule has 6 N–H and O–H groups in total. The van der Waals surface area contributed by atoms with Crippen molar-refractivity contribution >= 4 is 11.7 Å². The Morgan fingerprint density at radius 1 is 1.05 bits per heavy atom. The van der Waals surface area contributed by atoms with Crippen LogP contribution in [0.25, 0.3) is 0 Å². The minimum atomic E-state index is -1.86. The first-order valence-electron chi connectivity index (χ1n) is 19.3. The number of Topliss-reactive ketones (excluding diaryl/α,β-unsaturated/α-hetero) is 1. The Morgan fingerprint density at radius 2 is 1.74 bits per heavy atom. The molecule has 10 unspecified atom stereocenters. The number of pyridine rings is 1. The number of methoxy groups -OCH3 is 1. The van der Waals surface area contributed by atoms with Gasteiger partial charge < -0.3 is 49.6 Å². The minimum Gasteiger partial charge on any atom is -0.507 e. The van der Waals surface area contributed by atoms with Crippen molar-refractivity contribution in [1.29, 1.82) is 0 Å². The number of allylic oxidation sites excluding steroid dienone is 10. The summed E-state index contributed by atoms with van der Waals surface area (Å²) in [5.74, 6) is -4.55. The third-order valence-corrected chi connectivity index (χ3v) is 10.9. The lowest BCUT2D eigenvalue weighted by Gasteiger charge is -2.50. The van der Waals surface area contributed by atoms with Crippen molar-refractivity contribution in [3.8, 4) is 5.75 Å². The molecule has 2 saturated heterocycles. The van der Waals surface area contributed by atoms with Crippen LogP contribution in [0.1, 0.15) is 71.7 Å². The second-order valence-corrected chi connectivity index (χ2v) is 15.4. The molecule has 57 heavy (non-hydrogen) atoms. The van der Waals surface area contributed by atoms with Gasteiger partial charge in [-0.1, -0.05) is 101 Å². The van der Waals surface area contributed by atoms with Crippen LogP contribution < -0.4 is 10.9 Å². The number of aliphatic hydroxyl groups is 4. The summed E-state index contributed by atoms with van der Waals surface area (Å²) in [4.78, 5) is 38.4. The summed E-state index contributed by atoms with van der Waals surface area (Å²) in [6, 6.07) is 1.28. The molecule has 1 amide bonds. The smallest absolute Gasteiger partial charge is 0.265 e. The largest absolute Gasteiger partial charge is 0.507 e. The third-order valence-electron chi connectivity index (χ3n) is 10.9. The summed E-state index contributed by atoms with van der Waals surface area (Å²) in [6.07, 6.45) is 16.0. The Hall–Kier alpha value is -4.21. The highest BCUT2D eigenvalue weighted by Crippen LogP contribution is 2.44. The van der Waals surface area contributed by atoms with E-state index in [1.54, 1.807) is 62.6 Å². The van der Waals surface area contributed by atoms with E-state index >= 15 is 0 Å². The van der Waals surface area contributed by atoms with Gasteiger partial charge in [0.25, 0.3) is 5.56 Å². The van der Waals surface area contributed by atoms with Gasteiger partial charge in [0, 0.05) is 44.7 Å². The number of carbonyl (C=O) groups is 2. The molecule has 1 aromatic rings. The molecule has 3 heterocycles. The Morgan fingerprint density at radius 3 is 2.39 bits per heavy atom. The molecule has 13 nitrogen and oxygen atoms in total. The van der Waals surface area contributed by atoms with Crippen LogP contribution in [0, 0.1) is 17.3 Å². The standard InChI is InChI=1S/C44H62N2O11/c1-10-12-14-22-34-43(6,7)33(48)26-44(54,57-34)30(11-2)41(52)45-24-18-17-20-28(4)39(55-9)29(5)40-38(51)37(50)32(56-40)21-16-13-15-19-27(3)36(49)35-31(47)23-25-46(8)42(35)53/h10,12-23,25,29-30,32-34,37-40,47-48,50-51,54H,11,24,26H2,1-9H3,(H,45,52). The summed E-state index contributed by atoms with van der Waals surface area (Å²) in [7, 11) is 3.03. The zero-order chi connectivity index (χ0) is 42.7. The van der Waals surface area contributed by atoms with Gasteiger partial charge >= 0.3 is 0 Å². The van der Waals surface area contributed by atoms with Crippen LogP contribution in [0.2, 0.25) is 0 Å². The summed E-state index contributed by atoms with van der Waals surface area (Å²) in [5, 5.41) is 57.0. The Labute approximate surface area is 336 Å². The summed E-state index contributed by atoms with van der Waals surface area (Å²) >= 11 is 0. The predicted molar refractivity (Wildman–Crippen MR) is 218 cm³/mol. The second-order valence-electron chi connectivity index (χ2n) is 15.4. The van der Waals surface area contributed by atoms with Crippen LogP contribution in [-0.4, -0.2) is 104 Å². The molecule has 2 aliphatic rings. The number of carbonyl (C=O) groups excluding carboxylic acids is 2. The van der Waals surface area contributed by atoms with E-state index in [9.17, 15) is 39.9 Å². The van der Waals surface area contributed by atoms with E-state index in [1.165, 1.54) is 36.9 Å². The maximum atomic E-state index is 13.3. The van der Waals surface area contributed by atoms with Crippen molar-refractivity contribution in [3.63, 3.8) is 0 Å². The molecule has 1 aromatic heterocycles. The normalized spacial score (nSPS) is 28.9. The van der Waals surface area contributed by atoms with Gasteiger partial charge in [0.15, 0.2) is 11.6 Å². The molecule has 0 spiro atoms. The maximum absolute atomic E-state index is 13.3. The number of rotatable bonds is 17. The maximum Gasteiger partial charge on any atom is 0.265 e. The van der Waals surface area contributed by atoms with E-state index < -0.39 is 82.8 Å². The van der Waals surface area contributed by atoms with Gasteiger partial charge in [0.1, 0.15) is 29.6 Å². The van der Waals surface area contributed by atoms with Crippen LogP contribution in [0.5, 0.6) is 5.75 Å². The molecule has 0 aromatic carbocycles. The fourth-order valence-corrected chi connectivity index (χ4v) is 7.17. The summed E-state index contributed by atoms with van der Waals surface area (Å²) in [5.41, 5.74) is -0.547. The number of aliphatic hydroxyl groups excluding tert-OH is 3. The number of hydrogen-bond acceptors (Lipinski definition) is 11. The Kier molecular flexibility index (Phi) is 17.4. The Bertz CT molecular complexity index is 1820. The molecule has 10 atom stereocenters. The van der Waals surface area contributed by atoms with Gasteiger partial charge in [-0.25, -0.2) is 0 Å². The van der Waals surface area contributed by atoms with Crippen molar-refractivity contribution in [2.24, 2.45) is 24.3 Å². The molecule has 2 aliphatic heterocycles. The molecule has 3 rings (SSSR count). The van der Waals surface area contributed by atoms with Crippen LogP contribution in [0.3, 0.4) is 0 Å². The summed E-state index contributed by atoms with van der Waals surface area (Å²) < 4.78 is 19.2. The minimum absolute atomic E-state index is 0.104. The monoisotopic (exact) mass is 794 g/mol. The number of nitrogens with zero attached hydrogens (tertiary/aromatic N) is 1. The van der Waals surface area contributed by atoms with Gasteiger partial charge in [-0.2, -0.15) is 0 Å². The van der Waals surface area contributed by atoms with Crippen LogP contribution in [-0.2, 0) is 26.1 Å². The SMILES string of the molecule is CC=CC=CC1OC(O)(C(CC)C(=O)NCC=CC=C(C)C(OC)C(C)C2OC(C=CC=CC=C(C)C(=O)c3c(O)ccn(C)c3=O)C(O)C2O)CC(O)C1(C)C. The number of aryl methyl sites for hydroxylation is 1. The van der Waals surface area contributed by atoms with E-state index in [2.05, 4.69) is 5.32 Å². The number of nitrogens with one attached hydrogen (secondary N) is 1. The second kappa shape index (κ2) is 21.0. The molecule has 13 heteroatoms. The van der Waals surface area contributed by atoms with Crippen LogP contribution >= 0.6 is 0 Å². The number of ketones is 1. The van der Waals surface area contributed by atoms with Crippen LogP contribution in [0.4, 0.5) is 0 Å². The molecule has 0 radical (unpaired) electrons. The van der Waals surface area contributed by atoms with Gasteiger partial charge in [-0.3, -0.25) is 14.4 Å². The first-order chi connectivity index (χ1) is 26.9. The van der Waals surface area contributed by atoms with Gasteiger partial charge in [-0.15, -0.1) is 0 Å². The van der Waals surface area contributed by atoms with Crippen LogP contribution in [0.15, 0.2) is 101 Å². The highest BCUT2D eigenvalue weighted by Gasteiger charge is 2.54. The van der Waals surface area contributed by atoms with E-state index in [0.29, 0.717) is 6.42 Å². The topological polar surface area (TPSA) is 197 Å². The quantitative estimate of drug-likeness (QED) is 0.0755. The van der Waals surface area contributed by atoms with Crippen molar-refractivity contribution in [1.82, 2.24) is 9.88 Å². The average molecular weight is 795 g/mol. The number of aromatic hydroxyl groups is 1. The van der Waals surface area contributed by atoms with E-state index in [1.807, 2.05) is 52.8 Å². The van der Waals surface area contributed by atoms with Crippen molar-refractivity contribution in [2.45, 2.75) is 110 Å². The number of aromatic nitrogens is 1. The molecular formula is C44H62N2O11. The fourth-order valence-electron chi connectivity index (χ4n) is 7.17. The van der Waals surface area contributed by atoms with E-state index in [0.717, 1.165) is 5.57 Å². The van der Waals surface area contributed by atoms with Gasteiger partial charge in [0.05, 0.1) is 30.3 Å². The third kappa shape index (κ3) is 11.5. The van der Waals surface area contributed by atoms with Gasteiger partial charge in [-0.05, 0) is 44.4 Å². The van der Waals surface area contributed by atoms with Crippen molar-refractivity contribution in [3.05, 3.63) is 112 Å². The fraction of sp³-hybridized carbons (Fsp3) is 0.523. The molecular weight excluding hydrogens is 732 g/mol. The lowest BCUT2D eigenvalue weighted by molar-refractivity contribution is -0.314. The van der Waals surface area contributed by atoms with E-state index in [-0.39, 0.29) is 30.0 Å². The van der Waals surface area contributed by atoms with E-state index in [4.69, 9.17) is 14.2 Å². The highest BCUT2D eigenvalue weighted by molar-refractivity contribution is 6.09. The van der Waals surface area contributed by atoms with Crippen molar-refractivity contribution < 1.29 is 49.3 Å². The first-order valence-corrected chi connectivity index (χ1v) is 19.3. The molecule has 0 bridgehead atoms. The highest BCUT2D eigenvalue weighted by atomic mass is 16.6. The number of ether oxygens (including phenoxy) is 3. The zero-order valence-corrected chi connectivity index (χ0v) is 34.5. The average Bonchev–Trinajstić information content (AvgIpc) is 3.44. The predicted octanol–water partition coefficient (Wildman–Crippen LogP) is 4.11. The Balaban J connectivity index is 1.59. The first kappa shape index (κ1) is 47.2.